The van der Waals surface area contributed by atoms with Crippen LogP contribution in [0, 0.1) is 0 Å². The Hall–Kier alpha value is -3.40. The van der Waals surface area contributed by atoms with Crippen molar-refractivity contribution in [1.29, 1.82) is 0 Å². The molecule has 7 fully saturated rings. The Morgan fingerprint density at radius 1 is 0.275 bits per heavy atom. The van der Waals surface area contributed by atoms with Crippen molar-refractivity contribution in [1.82, 2.24) is 0 Å². The third-order valence-corrected chi connectivity index (χ3v) is 19.9. The number of aliphatic hydroxyl groups excluding tert-OH is 13. The van der Waals surface area contributed by atoms with Crippen LogP contribution in [-0.2, 0) is 147 Å². The van der Waals surface area contributed by atoms with Crippen LogP contribution in [0.4, 0.5) is 0 Å². The molecular formula is C77H139O42S-. The van der Waals surface area contributed by atoms with Crippen LogP contribution in [0.15, 0.2) is 75.9 Å². The summed E-state index contributed by atoms with van der Waals surface area (Å²) in [6.45, 7) is 22.8. The Balaban J connectivity index is 0.000000704. The standard InChI is InChI=1S/C14H23O6S.2C13H24O6.C12H22O6.C10H18O6.C9H16O6.C6H12O6/c1-6-7-19-14-13(18-4)12(17-3)11(16-2)10(20-14)8-21(5)9-15;2*1-6-7-18-13-12(17-5)11(16-4)10(15-3)9(19-13)8-14-2;1-5-6-17-12-11(16-4)10(15-3)9(14-2)8(7-13)18-12;1-3-4-15-10-9(13)8(12)7(11)6(16-10)5-14-2;1-2-3-14-9-8(13)7(12)6(11)5(4-10)15-9;7-1-2-3(8)4(9)5(10)6(11)12-2/h6,10-14H,1,5,7-8H2,2-4H3;2*6,9-13H,1,7-8H2,2-5H3;5,8-13H,1,6-7H2,2-4H3;3,6-13H,1,4-5H2,2H3;2,5-13H,1,3-4H2;2-11H,1H2/q-1;;;;;;/t10?,11-,12?,13?,14?;2*9?,10-,11?,12?,13?;8?,9-,10?,11?,12?;6?,7-,8?,9?,10?;5?,6-,7?,8?,9?;2?,3-,4?,5?,6?/m1111111/s1. The Bertz CT molecular complexity index is 2710. The van der Waals surface area contributed by atoms with Gasteiger partial charge in [-0.25, -0.2) is 5.87 Å². The van der Waals surface area contributed by atoms with Gasteiger partial charge in [0.05, 0.1) is 85.4 Å². The molecule has 0 amide bonds. The first-order valence-electron chi connectivity index (χ1n) is 37.9. The van der Waals surface area contributed by atoms with Crippen LogP contribution in [0.5, 0.6) is 0 Å². The van der Waals surface area contributed by atoms with Gasteiger partial charge in [0, 0.05) is 107 Å². The molecule has 120 heavy (non-hydrogen) atoms. The molecular weight excluding hydrogens is 1630 g/mol. The maximum atomic E-state index is 10.7. The molecule has 7 saturated heterocycles. The largest absolute Gasteiger partial charge is 0.394 e. The minimum atomic E-state index is -1.57. The molecule has 0 aromatic carbocycles. The van der Waals surface area contributed by atoms with Crippen molar-refractivity contribution in [3.8, 4) is 0 Å². The van der Waals surface area contributed by atoms with Gasteiger partial charge in [0.25, 0.3) is 0 Å². The van der Waals surface area contributed by atoms with E-state index in [2.05, 4.69) is 50.1 Å². The number of ether oxygens (including phenoxy) is 28. The Kier molecular flexibility index (Phi) is 62.3. The first-order chi connectivity index (χ1) is 57.6. The number of carbonyl (C=O) groups excluding carboxylic acids is 1. The van der Waals surface area contributed by atoms with Gasteiger partial charge < -0.3 is 209 Å². The van der Waals surface area contributed by atoms with Crippen LogP contribution in [0.3, 0.4) is 0 Å². The molecule has 43 heteroatoms. The van der Waals surface area contributed by atoms with Gasteiger partial charge in [0.15, 0.2) is 44.0 Å². The zero-order chi connectivity index (χ0) is 90.7. The lowest BCUT2D eigenvalue weighted by Gasteiger charge is -2.45. The molecule has 42 nitrogen and oxygen atoms in total. The molecule has 7 rings (SSSR count). The summed E-state index contributed by atoms with van der Waals surface area (Å²) in [6.07, 6.45) is -17.2. The predicted molar refractivity (Wildman–Crippen MR) is 425 cm³/mol. The van der Waals surface area contributed by atoms with Crippen molar-refractivity contribution in [2.24, 2.45) is 0 Å². The van der Waals surface area contributed by atoms with Gasteiger partial charge in [-0.3, -0.25) is 4.79 Å². The number of methoxy groups -OCH3 is 15. The van der Waals surface area contributed by atoms with E-state index in [1.54, 1.807) is 124 Å². The summed E-state index contributed by atoms with van der Waals surface area (Å²) in [6, 6.07) is 0. The molecule has 0 bridgehead atoms. The van der Waals surface area contributed by atoms with Crippen LogP contribution in [0.1, 0.15) is 0 Å². The average Bonchev–Trinajstić information content (AvgIpc) is 0.821. The first-order valence-corrected chi connectivity index (χ1v) is 39.4. The van der Waals surface area contributed by atoms with Gasteiger partial charge in [0.1, 0.15) is 165 Å². The molecule has 7 heterocycles. The molecule has 28 unspecified atom stereocenters. The van der Waals surface area contributed by atoms with Crippen LogP contribution in [0.2, 0.25) is 0 Å². The SMILES string of the molecule is C=CCOC1OC(CO)[C@@H](O)C(O)C1O.C=CCOC1OC(CO)[C@@H](OC)C(OC)C1OC.C=CCOC1OC(COC)[C@@H](O)C(O)C1O.C=CCOC1OC(COC)[C@@H](OC)C(OC)C1OC.C=CCOC1OC(COC)[C@@H](OC)C(OC)C1OC.C=CCOC1OC(C[S-](=C)=C=O)[C@@H](OC)C(OC)C1OC.OCC1OC(O)C(O)C(O)[C@@H]1O. The maximum Gasteiger partial charge on any atom is 0.187 e. The van der Waals surface area contributed by atoms with Gasteiger partial charge in [-0.15, -0.1) is 39.5 Å². The second-order valence-corrected chi connectivity index (χ2v) is 28.0. The Morgan fingerprint density at radius 3 is 0.775 bits per heavy atom. The second kappa shape index (κ2) is 65.2. The highest BCUT2D eigenvalue weighted by atomic mass is 32.2. The normalized spacial score (nSPS) is 37.8. The predicted octanol–water partition coefficient (Wildman–Crippen LogP) is -5.35. The lowest BCUT2D eigenvalue weighted by molar-refractivity contribution is -0.311. The van der Waals surface area contributed by atoms with Crippen molar-refractivity contribution in [2.75, 3.05) is 192 Å². The molecule has 0 aromatic rings. The van der Waals surface area contributed by atoms with E-state index in [1.165, 1.54) is 19.3 Å². The minimum absolute atomic E-state index is 0.110. The van der Waals surface area contributed by atoms with Crippen molar-refractivity contribution >= 4 is 21.2 Å². The van der Waals surface area contributed by atoms with Crippen LogP contribution in [-0.4, -0.2) is 484 Å². The second-order valence-electron chi connectivity index (χ2n) is 26.5. The third kappa shape index (κ3) is 35.0. The molecule has 13 N–H and O–H groups in total. The van der Waals surface area contributed by atoms with E-state index in [4.69, 9.17) is 159 Å². The number of hydrogen-bond donors (Lipinski definition) is 13. The molecule has 35 atom stereocenters. The maximum absolute atomic E-state index is 10.7. The fraction of sp³-hybridized carbons (Fsp3) is 0.818. The number of hydrogen-bond acceptors (Lipinski definition) is 43. The summed E-state index contributed by atoms with van der Waals surface area (Å²) in [5.41, 5.74) is 0. The summed E-state index contributed by atoms with van der Waals surface area (Å²) >= 11 is 0. The Labute approximate surface area is 704 Å². The van der Waals surface area contributed by atoms with Gasteiger partial charge in [-0.2, -0.15) is 0 Å². The van der Waals surface area contributed by atoms with Gasteiger partial charge in [-0.05, 0) is 5.23 Å². The molecule has 7 aliphatic heterocycles. The van der Waals surface area contributed by atoms with Gasteiger partial charge in [-0.1, -0.05) is 42.2 Å². The van der Waals surface area contributed by atoms with Gasteiger partial charge >= 0.3 is 0 Å². The third-order valence-electron chi connectivity index (χ3n) is 18.9. The van der Waals surface area contributed by atoms with E-state index in [0.717, 1.165) is 0 Å². The lowest BCUT2D eigenvalue weighted by Crippen LogP contribution is -2.61. The quantitative estimate of drug-likeness (QED) is 0.0154. The summed E-state index contributed by atoms with van der Waals surface area (Å²) in [4.78, 5) is 10.7. The van der Waals surface area contributed by atoms with E-state index in [-0.39, 0.29) is 99.7 Å². The zero-order valence-electron chi connectivity index (χ0n) is 71.4. The molecule has 0 aliphatic carbocycles. The molecule has 0 aromatic heterocycles. The Morgan fingerprint density at radius 2 is 0.500 bits per heavy atom. The van der Waals surface area contributed by atoms with Gasteiger partial charge in [0.2, 0.25) is 0 Å². The minimum Gasteiger partial charge on any atom is -0.394 e. The van der Waals surface area contributed by atoms with Crippen molar-refractivity contribution in [2.45, 2.75) is 215 Å². The topological polar surface area (TPSA) is 539 Å². The highest BCUT2D eigenvalue weighted by Gasteiger charge is 2.53. The molecule has 0 saturated carbocycles. The van der Waals surface area contributed by atoms with Crippen LogP contribution in [0.25, 0.3) is 0 Å². The molecule has 7 aliphatic rings. The summed E-state index contributed by atoms with van der Waals surface area (Å²) in [5, 5.41) is 122. The highest BCUT2D eigenvalue weighted by Crippen LogP contribution is 2.33. The molecule has 706 valence electrons. The summed E-state index contributed by atoms with van der Waals surface area (Å²) < 4.78 is 151. The number of aliphatic hydroxyl groups is 13. The fourth-order valence-corrected chi connectivity index (χ4v) is 13.7. The highest BCUT2D eigenvalue weighted by molar-refractivity contribution is 7.92. The van der Waals surface area contributed by atoms with Crippen LogP contribution >= 0.6 is 0 Å². The summed E-state index contributed by atoms with van der Waals surface area (Å²) in [5.74, 6) is 4.13. The van der Waals surface area contributed by atoms with Crippen molar-refractivity contribution in [3.05, 3.63) is 75.9 Å². The number of rotatable bonds is 41. The monoisotopic (exact) mass is 1770 g/mol. The van der Waals surface area contributed by atoms with E-state index >= 15 is 0 Å². The first kappa shape index (κ1) is 115. The van der Waals surface area contributed by atoms with Crippen LogP contribution < -0.4 is 0 Å². The van der Waals surface area contributed by atoms with Crippen molar-refractivity contribution in [3.63, 3.8) is 0 Å². The fourth-order valence-electron chi connectivity index (χ4n) is 13.0. The lowest BCUT2D eigenvalue weighted by atomic mass is 9.98. The van der Waals surface area contributed by atoms with Crippen molar-refractivity contribution < 1.29 is 204 Å². The van der Waals surface area contributed by atoms with E-state index in [1.807, 2.05) is 5.23 Å². The zero-order valence-corrected chi connectivity index (χ0v) is 72.2. The molecule has 0 radical (unpaired) electrons. The smallest absolute Gasteiger partial charge is 0.187 e. The molecule has 0 spiro atoms. The summed E-state index contributed by atoms with van der Waals surface area (Å²) in [7, 11) is 22.9. The van der Waals surface area contributed by atoms with E-state index < -0.39 is 165 Å². The van der Waals surface area contributed by atoms with E-state index in [9.17, 15) is 40.5 Å². The average molecular weight is 1770 g/mol. The van der Waals surface area contributed by atoms with E-state index in [0.29, 0.717) is 45.4 Å².